The summed E-state index contributed by atoms with van der Waals surface area (Å²) in [6.45, 7) is 0. The van der Waals surface area contributed by atoms with E-state index in [-0.39, 0.29) is 6.04 Å². The Morgan fingerprint density at radius 3 is 2.70 bits per heavy atom. The van der Waals surface area contributed by atoms with Crippen LogP contribution in [0.4, 0.5) is 5.82 Å². The lowest BCUT2D eigenvalue weighted by Crippen LogP contribution is -2.30. The molecule has 0 saturated heterocycles. The second kappa shape index (κ2) is 7.28. The number of nitrogens with zero attached hydrogens (tertiary/aromatic N) is 1. The number of hydrazine groups is 1. The van der Waals surface area contributed by atoms with Crippen LogP contribution < -0.4 is 17.0 Å². The fraction of sp³-hybridized carbons (Fsp3) is 0.154. The zero-order chi connectivity index (χ0) is 14.5. The lowest BCUT2D eigenvalue weighted by atomic mass is 10.1. The Morgan fingerprint density at radius 2 is 2.05 bits per heavy atom. The molecule has 7 heteroatoms. The minimum atomic E-state index is -0.116. The predicted octanol–water partition coefficient (Wildman–Crippen LogP) is 3.38. The van der Waals surface area contributed by atoms with E-state index in [0.29, 0.717) is 10.8 Å². The van der Waals surface area contributed by atoms with Crippen molar-refractivity contribution < 1.29 is 0 Å². The van der Waals surface area contributed by atoms with Gasteiger partial charge in [0.15, 0.2) is 0 Å². The summed E-state index contributed by atoms with van der Waals surface area (Å²) in [5.74, 6) is 6.78. The van der Waals surface area contributed by atoms with Crippen LogP contribution in [0.25, 0.3) is 0 Å². The van der Waals surface area contributed by atoms with Crippen molar-refractivity contribution in [3.8, 4) is 0 Å². The molecule has 1 aromatic carbocycles. The van der Waals surface area contributed by atoms with Gasteiger partial charge in [-0.2, -0.15) is 0 Å². The van der Waals surface area contributed by atoms with Gasteiger partial charge in [0.05, 0.1) is 11.1 Å². The van der Waals surface area contributed by atoms with Crippen molar-refractivity contribution in [3.63, 3.8) is 0 Å². The smallest absolute Gasteiger partial charge is 0.128 e. The van der Waals surface area contributed by atoms with Gasteiger partial charge in [0.1, 0.15) is 5.82 Å². The average Bonchev–Trinajstić information content (AvgIpc) is 2.45. The van der Waals surface area contributed by atoms with E-state index in [9.17, 15) is 0 Å². The third-order valence-electron chi connectivity index (χ3n) is 2.72. The molecule has 0 aliphatic rings. The van der Waals surface area contributed by atoms with Crippen molar-refractivity contribution >= 4 is 45.1 Å². The molecular weight excluding hydrogens is 360 g/mol. The molecule has 1 heterocycles. The lowest BCUT2D eigenvalue weighted by molar-refractivity contribution is 0.611. The fourth-order valence-electron chi connectivity index (χ4n) is 1.68. The maximum atomic E-state index is 5.95. The van der Waals surface area contributed by atoms with Gasteiger partial charge in [0, 0.05) is 26.9 Å². The van der Waals surface area contributed by atoms with Crippen LogP contribution in [0, 0.1) is 0 Å². The summed E-state index contributed by atoms with van der Waals surface area (Å²) in [7, 11) is 0. The third-order valence-corrected chi connectivity index (χ3v) is 4.56. The number of thioether (sulfide) groups is 1. The number of aromatic nitrogens is 1. The van der Waals surface area contributed by atoms with Crippen LogP contribution in [0.5, 0.6) is 0 Å². The highest BCUT2D eigenvalue weighted by Gasteiger charge is 2.15. The Balaban J connectivity index is 2.09. The zero-order valence-electron chi connectivity index (χ0n) is 10.5. The highest BCUT2D eigenvalue weighted by molar-refractivity contribution is 9.10. The second-order valence-electron chi connectivity index (χ2n) is 4.11. The molecule has 1 unspecified atom stereocenters. The minimum Gasteiger partial charge on any atom is -0.383 e. The number of nitrogens with one attached hydrogen (secondary N) is 1. The summed E-state index contributed by atoms with van der Waals surface area (Å²) in [5.41, 5.74) is 9.44. The van der Waals surface area contributed by atoms with Crippen molar-refractivity contribution in [3.05, 3.63) is 51.6 Å². The van der Waals surface area contributed by atoms with E-state index in [0.717, 1.165) is 20.7 Å². The second-order valence-corrected chi connectivity index (χ2v) is 6.56. The molecule has 4 nitrogen and oxygen atoms in total. The van der Waals surface area contributed by atoms with E-state index in [1.807, 2.05) is 24.3 Å². The third kappa shape index (κ3) is 4.10. The van der Waals surface area contributed by atoms with Gasteiger partial charge in [0.25, 0.3) is 0 Å². The Hall–Kier alpha value is -0.790. The van der Waals surface area contributed by atoms with Gasteiger partial charge in [-0.15, -0.1) is 11.8 Å². The molecule has 2 aromatic rings. The van der Waals surface area contributed by atoms with Crippen LogP contribution in [0.2, 0.25) is 5.02 Å². The lowest BCUT2D eigenvalue weighted by Gasteiger charge is -2.17. The first-order chi connectivity index (χ1) is 9.60. The van der Waals surface area contributed by atoms with Crippen molar-refractivity contribution in [2.75, 3.05) is 11.5 Å². The number of hydrogen-bond acceptors (Lipinski definition) is 5. The predicted molar refractivity (Wildman–Crippen MR) is 88.6 cm³/mol. The van der Waals surface area contributed by atoms with E-state index < -0.39 is 0 Å². The molecule has 5 N–H and O–H groups in total. The maximum absolute atomic E-state index is 5.95. The highest BCUT2D eigenvalue weighted by atomic mass is 79.9. The topological polar surface area (TPSA) is 77.0 Å². The van der Waals surface area contributed by atoms with E-state index in [2.05, 4.69) is 26.3 Å². The van der Waals surface area contributed by atoms with Crippen molar-refractivity contribution in [1.29, 1.82) is 0 Å². The molecule has 0 spiro atoms. The van der Waals surface area contributed by atoms with Gasteiger partial charge in [0.2, 0.25) is 0 Å². The number of pyridine rings is 1. The zero-order valence-corrected chi connectivity index (χ0v) is 13.7. The van der Waals surface area contributed by atoms with Crippen LogP contribution in [-0.4, -0.2) is 10.7 Å². The van der Waals surface area contributed by atoms with Crippen LogP contribution in [0.15, 0.2) is 45.9 Å². The summed E-state index contributed by atoms with van der Waals surface area (Å²) >= 11 is 11.0. The van der Waals surface area contributed by atoms with Gasteiger partial charge in [-0.05, 0) is 30.3 Å². The molecule has 0 fully saturated rings. The van der Waals surface area contributed by atoms with E-state index in [4.69, 9.17) is 23.2 Å². The van der Waals surface area contributed by atoms with Gasteiger partial charge in [-0.1, -0.05) is 27.5 Å². The molecule has 1 aromatic heterocycles. The molecule has 0 aliphatic heterocycles. The normalized spacial score (nSPS) is 12.3. The number of rotatable bonds is 5. The average molecular weight is 374 g/mol. The number of nitrogens with two attached hydrogens (primary N) is 2. The maximum Gasteiger partial charge on any atom is 0.128 e. The number of hydrogen-bond donors (Lipinski definition) is 3. The molecule has 0 amide bonds. The van der Waals surface area contributed by atoms with Gasteiger partial charge >= 0.3 is 0 Å². The van der Waals surface area contributed by atoms with Crippen molar-refractivity contribution in [2.24, 2.45) is 5.84 Å². The van der Waals surface area contributed by atoms with Crippen molar-refractivity contribution in [1.82, 2.24) is 10.4 Å². The molecule has 0 saturated carbocycles. The summed E-state index contributed by atoms with van der Waals surface area (Å²) in [6.07, 6.45) is 1.52. The van der Waals surface area contributed by atoms with E-state index in [1.165, 1.54) is 6.20 Å². The first-order valence-corrected chi connectivity index (χ1v) is 8.01. The highest BCUT2D eigenvalue weighted by Crippen LogP contribution is 2.28. The fourth-order valence-corrected chi connectivity index (χ4v) is 3.08. The van der Waals surface area contributed by atoms with Crippen LogP contribution >= 0.6 is 39.3 Å². The van der Waals surface area contributed by atoms with Crippen molar-refractivity contribution in [2.45, 2.75) is 10.9 Å². The summed E-state index contributed by atoms with van der Waals surface area (Å²) < 4.78 is 1.05. The van der Waals surface area contributed by atoms with Crippen LogP contribution in [0.3, 0.4) is 0 Å². The SMILES string of the molecule is NNC(CSc1ccc(Br)cc1)c1cc(Cl)cnc1N. The number of halogens is 2. The molecular formula is C13H14BrClN4S. The molecule has 106 valence electrons. The molecule has 1 atom stereocenters. The Morgan fingerprint density at radius 1 is 1.35 bits per heavy atom. The molecule has 0 bridgehead atoms. The number of nitrogen functional groups attached to an aromatic ring is 1. The van der Waals surface area contributed by atoms with Crippen LogP contribution in [0.1, 0.15) is 11.6 Å². The van der Waals surface area contributed by atoms with Gasteiger partial charge in [-0.25, -0.2) is 4.98 Å². The van der Waals surface area contributed by atoms with Crippen LogP contribution in [-0.2, 0) is 0 Å². The molecule has 0 radical (unpaired) electrons. The number of anilines is 1. The minimum absolute atomic E-state index is 0.116. The molecule has 20 heavy (non-hydrogen) atoms. The monoisotopic (exact) mass is 372 g/mol. The number of benzene rings is 1. The largest absolute Gasteiger partial charge is 0.383 e. The Bertz CT molecular complexity index is 579. The summed E-state index contributed by atoms with van der Waals surface area (Å²) in [4.78, 5) is 5.20. The van der Waals surface area contributed by atoms with Gasteiger partial charge < -0.3 is 5.73 Å². The summed E-state index contributed by atoms with van der Waals surface area (Å²) in [6, 6.07) is 9.76. The Kier molecular flexibility index (Phi) is 5.68. The Labute approximate surface area is 135 Å². The summed E-state index contributed by atoms with van der Waals surface area (Å²) in [5, 5.41) is 0.545. The standard InChI is InChI=1S/C13H14BrClN4S/c14-8-1-3-10(4-2-8)20-7-12(19-17)11-5-9(15)6-18-13(11)16/h1-6,12,19H,7,17H2,(H2,16,18). The molecule has 0 aliphatic carbocycles. The first-order valence-electron chi connectivity index (χ1n) is 5.85. The quantitative estimate of drug-likeness (QED) is 0.425. The van der Waals surface area contributed by atoms with E-state index >= 15 is 0 Å². The van der Waals surface area contributed by atoms with E-state index in [1.54, 1.807) is 17.8 Å². The van der Waals surface area contributed by atoms with Gasteiger partial charge in [-0.3, -0.25) is 11.3 Å². The molecule has 2 rings (SSSR count). The first kappa shape index (κ1) is 15.6.